The summed E-state index contributed by atoms with van der Waals surface area (Å²) in [5.41, 5.74) is 2.81. The molecule has 1 aromatic rings. The smallest absolute Gasteiger partial charge is 0.0954 e. The first-order valence-electron chi connectivity index (χ1n) is 5.63. The summed E-state index contributed by atoms with van der Waals surface area (Å²) >= 11 is 0. The molecule has 0 aliphatic heterocycles. The fraction of sp³-hybridized carbons (Fsp3) is 0.727. The second kappa shape index (κ2) is 3.09. The van der Waals surface area contributed by atoms with Gasteiger partial charge in [-0.05, 0) is 39.2 Å². The molecular weight excluding hydrogens is 174 g/mol. The maximum absolute atomic E-state index is 4.57. The Kier molecular flexibility index (Phi) is 1.87. The SMILES string of the molecule is CN[C@H]1CCCc2c1ncn2C1CC1. The van der Waals surface area contributed by atoms with Gasteiger partial charge in [-0.2, -0.15) is 0 Å². The first-order valence-corrected chi connectivity index (χ1v) is 5.63. The highest BCUT2D eigenvalue weighted by atomic mass is 15.1. The van der Waals surface area contributed by atoms with E-state index in [9.17, 15) is 0 Å². The van der Waals surface area contributed by atoms with Crippen LogP contribution in [0.25, 0.3) is 0 Å². The van der Waals surface area contributed by atoms with Gasteiger partial charge in [0.15, 0.2) is 0 Å². The van der Waals surface area contributed by atoms with E-state index in [-0.39, 0.29) is 0 Å². The summed E-state index contributed by atoms with van der Waals surface area (Å²) in [7, 11) is 2.04. The molecular formula is C11H17N3. The van der Waals surface area contributed by atoms with Crippen molar-refractivity contribution in [2.45, 2.75) is 44.2 Å². The first kappa shape index (κ1) is 8.48. The molecule has 0 amide bonds. The van der Waals surface area contributed by atoms with E-state index in [1.165, 1.54) is 43.5 Å². The van der Waals surface area contributed by atoms with Crippen molar-refractivity contribution in [3.8, 4) is 0 Å². The molecule has 1 saturated carbocycles. The summed E-state index contributed by atoms with van der Waals surface area (Å²) in [5, 5.41) is 3.36. The van der Waals surface area contributed by atoms with Crippen molar-refractivity contribution in [2.75, 3.05) is 7.05 Å². The van der Waals surface area contributed by atoms with Crippen LogP contribution in [-0.4, -0.2) is 16.6 Å². The zero-order chi connectivity index (χ0) is 9.54. The van der Waals surface area contributed by atoms with Gasteiger partial charge in [0.05, 0.1) is 18.1 Å². The van der Waals surface area contributed by atoms with Gasteiger partial charge in [-0.1, -0.05) is 0 Å². The summed E-state index contributed by atoms with van der Waals surface area (Å²) in [6.07, 6.45) is 8.53. The molecule has 0 radical (unpaired) electrons. The first-order chi connectivity index (χ1) is 6.90. The Morgan fingerprint density at radius 3 is 3.00 bits per heavy atom. The summed E-state index contributed by atoms with van der Waals surface area (Å²) < 4.78 is 2.42. The fourth-order valence-electron chi connectivity index (χ4n) is 2.51. The molecule has 0 bridgehead atoms. The van der Waals surface area contributed by atoms with E-state index in [1.807, 2.05) is 7.05 Å². The van der Waals surface area contributed by atoms with Gasteiger partial charge in [0, 0.05) is 11.7 Å². The molecule has 0 unspecified atom stereocenters. The number of nitrogens with one attached hydrogen (secondary N) is 1. The van der Waals surface area contributed by atoms with Crippen LogP contribution in [0.1, 0.15) is 49.2 Å². The van der Waals surface area contributed by atoms with E-state index in [2.05, 4.69) is 21.2 Å². The van der Waals surface area contributed by atoms with Crippen LogP contribution in [0.3, 0.4) is 0 Å². The lowest BCUT2D eigenvalue weighted by Crippen LogP contribution is -2.22. The van der Waals surface area contributed by atoms with Crippen LogP contribution in [0, 0.1) is 0 Å². The number of aromatic nitrogens is 2. The highest BCUT2D eigenvalue weighted by Gasteiger charge is 2.30. The zero-order valence-corrected chi connectivity index (χ0v) is 8.66. The monoisotopic (exact) mass is 191 g/mol. The molecule has 0 aromatic carbocycles. The molecule has 2 aliphatic rings. The van der Waals surface area contributed by atoms with Crippen molar-refractivity contribution >= 4 is 0 Å². The Morgan fingerprint density at radius 1 is 1.43 bits per heavy atom. The lowest BCUT2D eigenvalue weighted by atomic mass is 9.96. The quantitative estimate of drug-likeness (QED) is 0.772. The van der Waals surface area contributed by atoms with Crippen molar-refractivity contribution in [2.24, 2.45) is 0 Å². The molecule has 14 heavy (non-hydrogen) atoms. The Morgan fingerprint density at radius 2 is 2.29 bits per heavy atom. The maximum atomic E-state index is 4.57. The van der Waals surface area contributed by atoms with Crippen molar-refractivity contribution in [1.82, 2.24) is 14.9 Å². The molecule has 1 heterocycles. The Labute approximate surface area is 84.5 Å². The normalized spacial score (nSPS) is 26.2. The van der Waals surface area contributed by atoms with E-state index in [1.54, 1.807) is 0 Å². The average Bonchev–Trinajstić information content (AvgIpc) is 2.97. The molecule has 1 N–H and O–H groups in total. The number of hydrogen-bond donors (Lipinski definition) is 1. The van der Waals surface area contributed by atoms with Crippen molar-refractivity contribution in [3.05, 3.63) is 17.7 Å². The van der Waals surface area contributed by atoms with Gasteiger partial charge in [-0.3, -0.25) is 0 Å². The van der Waals surface area contributed by atoms with E-state index < -0.39 is 0 Å². The largest absolute Gasteiger partial charge is 0.331 e. The van der Waals surface area contributed by atoms with Crippen LogP contribution in [0.2, 0.25) is 0 Å². The third-order valence-corrected chi connectivity index (χ3v) is 3.45. The molecule has 3 heteroatoms. The molecule has 1 atom stereocenters. The second-order valence-corrected chi connectivity index (χ2v) is 4.45. The number of fused-ring (bicyclic) bond motifs is 1. The van der Waals surface area contributed by atoms with E-state index in [0.29, 0.717) is 6.04 Å². The molecule has 3 nitrogen and oxygen atoms in total. The number of nitrogens with zero attached hydrogens (tertiary/aromatic N) is 2. The highest BCUT2D eigenvalue weighted by molar-refractivity contribution is 5.22. The van der Waals surface area contributed by atoms with E-state index in [0.717, 1.165) is 6.04 Å². The van der Waals surface area contributed by atoms with E-state index in [4.69, 9.17) is 0 Å². The standard InChI is InChI=1S/C11H17N3/c1-12-9-3-2-4-10-11(9)13-7-14(10)8-5-6-8/h7-9,12H,2-6H2,1H3/t9-/m0/s1. The van der Waals surface area contributed by atoms with Gasteiger partial charge in [0.25, 0.3) is 0 Å². The number of hydrogen-bond acceptors (Lipinski definition) is 2. The Balaban J connectivity index is 1.99. The third-order valence-electron chi connectivity index (χ3n) is 3.45. The summed E-state index contributed by atoms with van der Waals surface area (Å²) in [6, 6.07) is 1.28. The Hall–Kier alpha value is -0.830. The van der Waals surface area contributed by atoms with Crippen LogP contribution in [0.15, 0.2) is 6.33 Å². The minimum Gasteiger partial charge on any atom is -0.331 e. The van der Waals surface area contributed by atoms with E-state index >= 15 is 0 Å². The lowest BCUT2D eigenvalue weighted by Gasteiger charge is -2.22. The number of rotatable bonds is 2. The zero-order valence-electron chi connectivity index (χ0n) is 8.66. The molecule has 0 saturated heterocycles. The van der Waals surface area contributed by atoms with Crippen LogP contribution in [0.5, 0.6) is 0 Å². The average molecular weight is 191 g/mol. The molecule has 2 aliphatic carbocycles. The molecule has 1 aromatic heterocycles. The minimum atomic E-state index is 0.499. The van der Waals surface area contributed by atoms with Crippen molar-refractivity contribution in [3.63, 3.8) is 0 Å². The van der Waals surface area contributed by atoms with Crippen LogP contribution in [0.4, 0.5) is 0 Å². The fourth-order valence-corrected chi connectivity index (χ4v) is 2.51. The predicted octanol–water partition coefficient (Wildman–Crippen LogP) is 1.81. The molecule has 3 rings (SSSR count). The van der Waals surface area contributed by atoms with Gasteiger partial charge in [-0.15, -0.1) is 0 Å². The maximum Gasteiger partial charge on any atom is 0.0954 e. The van der Waals surface area contributed by atoms with Gasteiger partial charge in [-0.25, -0.2) is 4.98 Å². The van der Waals surface area contributed by atoms with Crippen LogP contribution in [-0.2, 0) is 6.42 Å². The predicted molar refractivity (Wildman–Crippen MR) is 55.2 cm³/mol. The summed E-state index contributed by atoms with van der Waals surface area (Å²) in [5.74, 6) is 0. The van der Waals surface area contributed by atoms with Gasteiger partial charge in [0.2, 0.25) is 0 Å². The second-order valence-electron chi connectivity index (χ2n) is 4.45. The van der Waals surface area contributed by atoms with Crippen molar-refractivity contribution in [1.29, 1.82) is 0 Å². The summed E-state index contributed by atoms with van der Waals surface area (Å²) in [4.78, 5) is 4.57. The molecule has 76 valence electrons. The van der Waals surface area contributed by atoms with Gasteiger partial charge in [0.1, 0.15) is 0 Å². The van der Waals surface area contributed by atoms with Gasteiger partial charge < -0.3 is 9.88 Å². The molecule has 0 spiro atoms. The molecule has 1 fully saturated rings. The third kappa shape index (κ3) is 1.19. The van der Waals surface area contributed by atoms with Crippen LogP contribution < -0.4 is 5.32 Å². The van der Waals surface area contributed by atoms with Gasteiger partial charge >= 0.3 is 0 Å². The summed E-state index contributed by atoms with van der Waals surface area (Å²) in [6.45, 7) is 0. The van der Waals surface area contributed by atoms with Crippen molar-refractivity contribution < 1.29 is 0 Å². The number of imidazole rings is 1. The highest BCUT2D eigenvalue weighted by Crippen LogP contribution is 2.39. The lowest BCUT2D eigenvalue weighted by molar-refractivity contribution is 0.475. The topological polar surface area (TPSA) is 29.9 Å². The van der Waals surface area contributed by atoms with Crippen LogP contribution >= 0.6 is 0 Å². The minimum absolute atomic E-state index is 0.499. The Bertz CT molecular complexity index is 338.